The number of rotatable bonds is 4. The molecule has 1 heterocycles. The number of nitrogens with zero attached hydrogens (tertiary/aromatic N) is 2. The Balaban J connectivity index is 1.71. The zero-order chi connectivity index (χ0) is 19.7. The Bertz CT molecular complexity index is 1190. The molecule has 4 rings (SSSR count). The normalized spacial score (nSPS) is 11.4. The highest BCUT2D eigenvalue weighted by Gasteiger charge is 2.13. The van der Waals surface area contributed by atoms with Crippen LogP contribution in [0.25, 0.3) is 22.6 Å². The van der Waals surface area contributed by atoms with Gasteiger partial charge >= 0.3 is 0 Å². The molecule has 0 amide bonds. The maximum atomic E-state index is 10.3. The number of benzene rings is 3. The third-order valence-electron chi connectivity index (χ3n) is 4.36. The van der Waals surface area contributed by atoms with Gasteiger partial charge in [-0.1, -0.05) is 12.1 Å². The highest BCUT2D eigenvalue weighted by molar-refractivity contribution is 5.87. The molecule has 0 spiro atoms. The first-order valence-corrected chi connectivity index (χ1v) is 8.66. The van der Waals surface area contributed by atoms with E-state index in [1.165, 1.54) is 19.4 Å². The van der Waals surface area contributed by atoms with Gasteiger partial charge in [0.15, 0.2) is 17.1 Å². The van der Waals surface area contributed by atoms with Gasteiger partial charge in [-0.25, -0.2) is 4.98 Å². The summed E-state index contributed by atoms with van der Waals surface area (Å²) in [5.41, 5.74) is 3.99. The van der Waals surface area contributed by atoms with Gasteiger partial charge in [-0.05, 0) is 55.0 Å². The lowest BCUT2D eigenvalue weighted by molar-refractivity contribution is 0.373. The lowest BCUT2D eigenvalue weighted by Crippen LogP contribution is -1.88. The number of aromatic nitrogens is 1. The van der Waals surface area contributed by atoms with Gasteiger partial charge in [0.05, 0.1) is 18.4 Å². The van der Waals surface area contributed by atoms with E-state index in [0.717, 1.165) is 11.1 Å². The minimum atomic E-state index is 0.0158. The number of methoxy groups -OCH3 is 1. The summed E-state index contributed by atoms with van der Waals surface area (Å²) in [7, 11) is 1.49. The third-order valence-corrected chi connectivity index (χ3v) is 4.36. The molecule has 4 aromatic rings. The smallest absolute Gasteiger partial charge is 0.231 e. The average molecular weight is 374 g/mol. The first-order chi connectivity index (χ1) is 13.5. The lowest BCUT2D eigenvalue weighted by Gasteiger charge is -2.05. The molecule has 0 aliphatic heterocycles. The van der Waals surface area contributed by atoms with Gasteiger partial charge in [0.25, 0.3) is 0 Å². The number of hydrogen-bond acceptors (Lipinski definition) is 6. The fourth-order valence-corrected chi connectivity index (χ4v) is 2.88. The van der Waals surface area contributed by atoms with Crippen LogP contribution in [0.2, 0.25) is 0 Å². The summed E-state index contributed by atoms with van der Waals surface area (Å²) < 4.78 is 10.9. The summed E-state index contributed by atoms with van der Waals surface area (Å²) in [6, 6.07) is 15.8. The Kier molecular flexibility index (Phi) is 4.45. The van der Waals surface area contributed by atoms with Crippen LogP contribution >= 0.6 is 0 Å². The zero-order valence-electron chi connectivity index (χ0n) is 15.4. The number of hydrogen-bond donors (Lipinski definition) is 2. The Morgan fingerprint density at radius 1 is 1.07 bits per heavy atom. The predicted octanol–water partition coefficient (Wildman–Crippen LogP) is 4.97. The number of oxazole rings is 1. The van der Waals surface area contributed by atoms with E-state index < -0.39 is 0 Å². The molecule has 0 atom stereocenters. The summed E-state index contributed by atoms with van der Waals surface area (Å²) in [6.07, 6.45) is 1.53. The van der Waals surface area contributed by atoms with Crippen molar-refractivity contribution >= 4 is 23.0 Å². The maximum Gasteiger partial charge on any atom is 0.231 e. The van der Waals surface area contributed by atoms with Crippen molar-refractivity contribution < 1.29 is 19.4 Å². The van der Waals surface area contributed by atoms with Crippen molar-refractivity contribution in [3.05, 3.63) is 65.7 Å². The monoisotopic (exact) mass is 374 g/mol. The highest BCUT2D eigenvalue weighted by Crippen LogP contribution is 2.34. The molecule has 6 heteroatoms. The van der Waals surface area contributed by atoms with Gasteiger partial charge in [0.1, 0.15) is 11.3 Å². The molecule has 3 aromatic carbocycles. The number of aryl methyl sites for hydroxylation is 1. The van der Waals surface area contributed by atoms with Gasteiger partial charge in [-0.3, -0.25) is 4.99 Å². The Morgan fingerprint density at radius 3 is 2.75 bits per heavy atom. The highest BCUT2D eigenvalue weighted by atomic mass is 16.5. The van der Waals surface area contributed by atoms with Gasteiger partial charge < -0.3 is 19.4 Å². The molecule has 2 N–H and O–H groups in total. The van der Waals surface area contributed by atoms with Crippen molar-refractivity contribution in [2.75, 3.05) is 7.11 Å². The van der Waals surface area contributed by atoms with E-state index >= 15 is 0 Å². The van der Waals surface area contributed by atoms with Crippen LogP contribution < -0.4 is 4.74 Å². The second kappa shape index (κ2) is 7.08. The van der Waals surface area contributed by atoms with E-state index in [2.05, 4.69) is 9.98 Å². The van der Waals surface area contributed by atoms with E-state index in [0.29, 0.717) is 34.0 Å². The molecule has 0 saturated heterocycles. The van der Waals surface area contributed by atoms with Crippen molar-refractivity contribution in [3.8, 4) is 28.7 Å². The molecule has 0 aliphatic carbocycles. The van der Waals surface area contributed by atoms with Crippen molar-refractivity contribution in [3.63, 3.8) is 0 Å². The van der Waals surface area contributed by atoms with E-state index in [1.807, 2.05) is 25.1 Å². The largest absolute Gasteiger partial charge is 0.507 e. The number of ether oxygens (including phenoxy) is 1. The van der Waals surface area contributed by atoms with Gasteiger partial charge in [-0.2, -0.15) is 0 Å². The minimum absolute atomic E-state index is 0.0158. The SMILES string of the molecule is COc1cccc(/C=N/c2ccc(O)c(-c3nc4cc(C)ccc4o3)c2)c1O. The van der Waals surface area contributed by atoms with Crippen LogP contribution in [0.1, 0.15) is 11.1 Å². The van der Waals surface area contributed by atoms with Crippen LogP contribution in [0, 0.1) is 6.92 Å². The number of aliphatic imine (C=N–C) groups is 1. The molecule has 0 aliphatic rings. The van der Waals surface area contributed by atoms with Crippen molar-refractivity contribution in [1.82, 2.24) is 4.98 Å². The molecule has 28 heavy (non-hydrogen) atoms. The average Bonchev–Trinajstić information content (AvgIpc) is 3.11. The van der Waals surface area contributed by atoms with Crippen molar-refractivity contribution in [2.24, 2.45) is 4.99 Å². The van der Waals surface area contributed by atoms with Crippen LogP contribution in [-0.4, -0.2) is 28.5 Å². The molecule has 0 radical (unpaired) electrons. The molecule has 6 nitrogen and oxygen atoms in total. The molecule has 0 bridgehead atoms. The number of para-hydroxylation sites is 1. The molecular formula is C22H18N2O4. The fraction of sp³-hybridized carbons (Fsp3) is 0.0909. The number of fused-ring (bicyclic) bond motifs is 1. The van der Waals surface area contributed by atoms with Crippen LogP contribution in [0.4, 0.5) is 5.69 Å². The van der Waals surface area contributed by atoms with E-state index in [9.17, 15) is 10.2 Å². The first kappa shape index (κ1) is 17.6. The van der Waals surface area contributed by atoms with E-state index in [1.54, 1.807) is 30.3 Å². The summed E-state index contributed by atoms with van der Waals surface area (Å²) in [6.45, 7) is 1.98. The second-order valence-electron chi connectivity index (χ2n) is 6.35. The minimum Gasteiger partial charge on any atom is -0.507 e. The standard InChI is InChI=1S/C22H18N2O4/c1-13-6-9-19-17(10-13)24-22(28-19)16-11-15(7-8-18(16)25)23-12-14-4-3-5-20(27-2)21(14)26/h3-12,25-26H,1-2H3/b23-12+. The summed E-state index contributed by atoms with van der Waals surface area (Å²) in [4.78, 5) is 8.85. The fourth-order valence-electron chi connectivity index (χ4n) is 2.88. The van der Waals surface area contributed by atoms with E-state index in [4.69, 9.17) is 9.15 Å². The molecule has 0 unspecified atom stereocenters. The summed E-state index contributed by atoms with van der Waals surface area (Å²) in [5.74, 6) is 0.755. The quantitative estimate of drug-likeness (QED) is 0.492. The molecule has 140 valence electrons. The topological polar surface area (TPSA) is 88.1 Å². The van der Waals surface area contributed by atoms with Gasteiger partial charge in [-0.15, -0.1) is 0 Å². The number of aromatic hydroxyl groups is 2. The lowest BCUT2D eigenvalue weighted by atomic mass is 10.1. The first-order valence-electron chi connectivity index (χ1n) is 8.66. The Labute approximate surface area is 161 Å². The van der Waals surface area contributed by atoms with Crippen molar-refractivity contribution in [2.45, 2.75) is 6.92 Å². The molecule has 0 fully saturated rings. The maximum absolute atomic E-state index is 10.3. The van der Waals surface area contributed by atoms with Crippen LogP contribution in [0.3, 0.4) is 0 Å². The number of phenols is 2. The second-order valence-corrected chi connectivity index (χ2v) is 6.35. The number of phenolic OH excluding ortho intramolecular Hbond substituents is 2. The van der Waals surface area contributed by atoms with Crippen LogP contribution in [0.15, 0.2) is 64.0 Å². The van der Waals surface area contributed by atoms with Gasteiger partial charge in [0.2, 0.25) is 5.89 Å². The molecule has 1 aromatic heterocycles. The Morgan fingerprint density at radius 2 is 1.93 bits per heavy atom. The van der Waals surface area contributed by atoms with Gasteiger partial charge in [0, 0.05) is 11.8 Å². The molecule has 0 saturated carbocycles. The van der Waals surface area contributed by atoms with Crippen molar-refractivity contribution in [1.29, 1.82) is 0 Å². The predicted molar refractivity (Wildman–Crippen MR) is 108 cm³/mol. The zero-order valence-corrected chi connectivity index (χ0v) is 15.4. The van der Waals surface area contributed by atoms with E-state index in [-0.39, 0.29) is 11.5 Å². The Hall–Kier alpha value is -3.80. The van der Waals surface area contributed by atoms with Crippen LogP contribution in [0.5, 0.6) is 17.2 Å². The summed E-state index contributed by atoms with van der Waals surface area (Å²) >= 11 is 0. The van der Waals surface area contributed by atoms with Crippen LogP contribution in [-0.2, 0) is 0 Å². The molecular weight excluding hydrogens is 356 g/mol. The third kappa shape index (κ3) is 3.27. The summed E-state index contributed by atoms with van der Waals surface area (Å²) in [5, 5.41) is 20.4.